The van der Waals surface area contributed by atoms with Gasteiger partial charge in [-0.2, -0.15) is 5.10 Å². The molecule has 0 unspecified atom stereocenters. The molecule has 1 aliphatic rings. The predicted octanol–water partition coefficient (Wildman–Crippen LogP) is 2.21. The summed E-state index contributed by atoms with van der Waals surface area (Å²) >= 11 is 5.48. The zero-order valence-electron chi connectivity index (χ0n) is 14.5. The molecule has 1 N–H and O–H groups in total. The number of hydrazone groups is 1. The van der Waals surface area contributed by atoms with E-state index in [0.717, 1.165) is 49.1 Å². The van der Waals surface area contributed by atoms with E-state index in [2.05, 4.69) is 30.3 Å². The molecule has 2 aromatic rings. The second-order valence-electron chi connectivity index (χ2n) is 5.94. The van der Waals surface area contributed by atoms with Crippen LogP contribution in [0.3, 0.4) is 0 Å². The number of nitrogens with zero attached hydrogens (tertiary/aromatic N) is 5. The van der Waals surface area contributed by atoms with Gasteiger partial charge in [-0.1, -0.05) is 12.1 Å². The highest BCUT2D eigenvalue weighted by atomic mass is 32.1. The van der Waals surface area contributed by atoms with Crippen LogP contribution in [-0.4, -0.2) is 51.9 Å². The Balaban J connectivity index is 1.53. The van der Waals surface area contributed by atoms with Crippen LogP contribution in [0.4, 0.5) is 5.82 Å². The van der Waals surface area contributed by atoms with Gasteiger partial charge in [0.2, 0.25) is 0 Å². The minimum atomic E-state index is 0.646. The molecule has 3 rings (SSSR count). The number of aryl methyl sites for hydroxylation is 1. The van der Waals surface area contributed by atoms with Crippen LogP contribution in [-0.2, 0) is 0 Å². The first kappa shape index (κ1) is 17.3. The van der Waals surface area contributed by atoms with Crippen molar-refractivity contribution >= 4 is 28.9 Å². The van der Waals surface area contributed by atoms with Crippen molar-refractivity contribution in [2.24, 2.45) is 5.10 Å². The van der Waals surface area contributed by atoms with Gasteiger partial charge in [-0.3, -0.25) is 10.4 Å². The molecule has 1 saturated heterocycles. The van der Waals surface area contributed by atoms with Crippen molar-refractivity contribution in [3.63, 3.8) is 0 Å². The summed E-state index contributed by atoms with van der Waals surface area (Å²) in [5.74, 6) is 1.01. The average molecular weight is 354 g/mol. The van der Waals surface area contributed by atoms with Crippen LogP contribution < -0.4 is 10.3 Å². The lowest BCUT2D eigenvalue weighted by Gasteiger charge is -2.36. The molecule has 0 spiro atoms. The molecule has 7 heteroatoms. The number of anilines is 1. The van der Waals surface area contributed by atoms with Crippen molar-refractivity contribution in [3.05, 3.63) is 54.0 Å². The standard InChI is InChI=1S/C18H22N6S/c1-14-6-5-7-16(20-14)15(2)21-22-18(25)24-12-10-23(11-13-24)17-8-3-4-9-19-17/h3-9H,10-13H2,1-2H3,(H,22,25)/b21-15+. The maximum Gasteiger partial charge on any atom is 0.189 e. The van der Waals surface area contributed by atoms with Gasteiger partial charge in [0.1, 0.15) is 5.82 Å². The van der Waals surface area contributed by atoms with Crippen molar-refractivity contribution in [2.45, 2.75) is 13.8 Å². The van der Waals surface area contributed by atoms with Crippen LogP contribution in [0.5, 0.6) is 0 Å². The Morgan fingerprint density at radius 1 is 1.12 bits per heavy atom. The average Bonchev–Trinajstić information content (AvgIpc) is 2.66. The number of hydrogen-bond donors (Lipinski definition) is 1. The maximum atomic E-state index is 5.48. The molecule has 0 amide bonds. The van der Waals surface area contributed by atoms with E-state index in [-0.39, 0.29) is 0 Å². The molecule has 1 fully saturated rings. The highest BCUT2D eigenvalue weighted by Gasteiger charge is 2.19. The molecule has 0 radical (unpaired) electrons. The van der Waals surface area contributed by atoms with Crippen LogP contribution in [0.25, 0.3) is 0 Å². The van der Waals surface area contributed by atoms with E-state index in [9.17, 15) is 0 Å². The predicted molar refractivity (Wildman–Crippen MR) is 105 cm³/mol. The number of piperazine rings is 1. The van der Waals surface area contributed by atoms with Crippen LogP contribution in [0.1, 0.15) is 18.3 Å². The lowest BCUT2D eigenvalue weighted by Crippen LogP contribution is -2.51. The largest absolute Gasteiger partial charge is 0.353 e. The van der Waals surface area contributed by atoms with Gasteiger partial charge in [0.15, 0.2) is 5.11 Å². The first-order valence-electron chi connectivity index (χ1n) is 8.33. The summed E-state index contributed by atoms with van der Waals surface area (Å²) < 4.78 is 0. The lowest BCUT2D eigenvalue weighted by atomic mass is 10.2. The van der Waals surface area contributed by atoms with Crippen LogP contribution in [0, 0.1) is 6.92 Å². The fourth-order valence-corrected chi connectivity index (χ4v) is 2.91. The van der Waals surface area contributed by atoms with E-state index in [1.165, 1.54) is 0 Å². The lowest BCUT2D eigenvalue weighted by molar-refractivity contribution is 0.380. The van der Waals surface area contributed by atoms with Gasteiger partial charge in [0, 0.05) is 38.1 Å². The number of aromatic nitrogens is 2. The second kappa shape index (κ2) is 8.02. The van der Waals surface area contributed by atoms with Gasteiger partial charge >= 0.3 is 0 Å². The molecule has 0 aromatic carbocycles. The molecule has 130 valence electrons. The number of nitrogens with one attached hydrogen (secondary N) is 1. The number of rotatable bonds is 3. The molecule has 0 saturated carbocycles. The molecule has 0 atom stereocenters. The van der Waals surface area contributed by atoms with E-state index in [1.54, 1.807) is 0 Å². The van der Waals surface area contributed by atoms with Gasteiger partial charge < -0.3 is 9.80 Å². The topological polar surface area (TPSA) is 56.7 Å². The summed E-state index contributed by atoms with van der Waals surface area (Å²) in [5.41, 5.74) is 5.64. The summed E-state index contributed by atoms with van der Waals surface area (Å²) in [5, 5.41) is 5.03. The molecule has 0 bridgehead atoms. The van der Waals surface area contributed by atoms with Crippen LogP contribution in [0.2, 0.25) is 0 Å². The maximum absolute atomic E-state index is 5.48. The van der Waals surface area contributed by atoms with Crippen molar-refractivity contribution in [1.29, 1.82) is 0 Å². The van der Waals surface area contributed by atoms with Gasteiger partial charge in [0.05, 0.1) is 11.4 Å². The summed E-state index contributed by atoms with van der Waals surface area (Å²) in [7, 11) is 0. The van der Waals surface area contributed by atoms with E-state index in [0.29, 0.717) is 5.11 Å². The second-order valence-corrected chi connectivity index (χ2v) is 6.33. The van der Waals surface area contributed by atoms with Crippen molar-refractivity contribution in [1.82, 2.24) is 20.3 Å². The molecule has 3 heterocycles. The third kappa shape index (κ3) is 4.51. The SMILES string of the molecule is C/C(=N\NC(=S)N1CCN(c2ccccn2)CC1)c1cccc(C)n1. The van der Waals surface area contributed by atoms with Crippen molar-refractivity contribution in [3.8, 4) is 0 Å². The Labute approximate surface area is 153 Å². The molecular formula is C18H22N6S. The van der Waals surface area contributed by atoms with E-state index in [1.807, 2.05) is 56.4 Å². The zero-order chi connectivity index (χ0) is 17.6. The third-order valence-corrected chi connectivity index (χ3v) is 4.47. The van der Waals surface area contributed by atoms with Gasteiger partial charge in [-0.25, -0.2) is 4.98 Å². The normalized spacial score (nSPS) is 15.2. The minimum absolute atomic E-state index is 0.646. The van der Waals surface area contributed by atoms with E-state index in [4.69, 9.17) is 12.2 Å². The Morgan fingerprint density at radius 2 is 1.92 bits per heavy atom. The van der Waals surface area contributed by atoms with Crippen molar-refractivity contribution in [2.75, 3.05) is 31.1 Å². The minimum Gasteiger partial charge on any atom is -0.353 e. The van der Waals surface area contributed by atoms with Crippen LogP contribution in [0.15, 0.2) is 47.7 Å². The monoisotopic (exact) mass is 354 g/mol. The Morgan fingerprint density at radius 3 is 2.60 bits per heavy atom. The van der Waals surface area contributed by atoms with Gasteiger partial charge in [-0.05, 0) is 50.3 Å². The smallest absolute Gasteiger partial charge is 0.189 e. The highest BCUT2D eigenvalue weighted by Crippen LogP contribution is 2.12. The Hall–Kier alpha value is -2.54. The molecule has 1 aliphatic heterocycles. The van der Waals surface area contributed by atoms with Crippen LogP contribution >= 0.6 is 12.2 Å². The van der Waals surface area contributed by atoms with Crippen molar-refractivity contribution < 1.29 is 0 Å². The summed E-state index contributed by atoms with van der Waals surface area (Å²) in [4.78, 5) is 13.3. The van der Waals surface area contributed by atoms with E-state index >= 15 is 0 Å². The first-order chi connectivity index (χ1) is 12.1. The molecular weight excluding hydrogens is 332 g/mol. The zero-order valence-corrected chi connectivity index (χ0v) is 15.3. The number of pyridine rings is 2. The van der Waals surface area contributed by atoms with E-state index < -0.39 is 0 Å². The number of thiocarbonyl (C=S) groups is 1. The molecule has 2 aromatic heterocycles. The fraction of sp³-hybridized carbons (Fsp3) is 0.333. The summed E-state index contributed by atoms with van der Waals surface area (Å²) in [6.45, 7) is 7.37. The first-order valence-corrected chi connectivity index (χ1v) is 8.73. The summed E-state index contributed by atoms with van der Waals surface area (Å²) in [6.07, 6.45) is 1.82. The quantitative estimate of drug-likeness (QED) is 0.518. The third-order valence-electron chi connectivity index (χ3n) is 4.12. The number of hydrogen-bond acceptors (Lipinski definition) is 5. The molecule has 6 nitrogen and oxygen atoms in total. The molecule has 0 aliphatic carbocycles. The fourth-order valence-electron chi connectivity index (χ4n) is 2.68. The Bertz CT molecular complexity index is 753. The highest BCUT2D eigenvalue weighted by molar-refractivity contribution is 7.80. The molecule has 25 heavy (non-hydrogen) atoms. The summed E-state index contributed by atoms with van der Waals surface area (Å²) in [6, 6.07) is 11.9. The van der Waals surface area contributed by atoms with Gasteiger partial charge in [0.25, 0.3) is 0 Å². The van der Waals surface area contributed by atoms with Gasteiger partial charge in [-0.15, -0.1) is 0 Å². The Kier molecular flexibility index (Phi) is 5.55.